The minimum absolute atomic E-state index is 0.169. The number of fused-ring (bicyclic) bond motifs is 1. The van der Waals surface area contributed by atoms with Crippen LogP contribution in [0.25, 0.3) is 10.9 Å². The Hall–Kier alpha value is -1.97. The summed E-state index contributed by atoms with van der Waals surface area (Å²) in [5.74, 6) is 0. The van der Waals surface area contributed by atoms with Crippen LogP contribution in [0.2, 0.25) is 0 Å². The second kappa shape index (κ2) is 4.96. The van der Waals surface area contributed by atoms with Crippen LogP contribution in [0.15, 0.2) is 41.4 Å². The van der Waals surface area contributed by atoms with Gasteiger partial charge in [-0.05, 0) is 31.2 Å². The molecule has 1 unspecified atom stereocenters. The van der Waals surface area contributed by atoms with Crippen LogP contribution >= 0.6 is 0 Å². The average molecular weight is 275 g/mol. The lowest BCUT2D eigenvalue weighted by atomic mass is 10.2. The van der Waals surface area contributed by atoms with Crippen LogP contribution in [-0.2, 0) is 10.0 Å². The molecule has 19 heavy (non-hydrogen) atoms. The van der Waals surface area contributed by atoms with E-state index in [1.54, 1.807) is 37.4 Å². The summed E-state index contributed by atoms with van der Waals surface area (Å²) in [5.41, 5.74) is 0.613. The third-order valence-electron chi connectivity index (χ3n) is 2.99. The monoisotopic (exact) mass is 275 g/mol. The van der Waals surface area contributed by atoms with E-state index in [0.717, 1.165) is 4.31 Å². The highest BCUT2D eigenvalue weighted by molar-refractivity contribution is 7.89. The molecule has 0 N–H and O–H groups in total. The molecule has 5 nitrogen and oxygen atoms in total. The van der Waals surface area contributed by atoms with E-state index in [0.29, 0.717) is 10.9 Å². The molecule has 98 valence electrons. The summed E-state index contributed by atoms with van der Waals surface area (Å²) in [4.78, 5) is 4.30. The highest BCUT2D eigenvalue weighted by Gasteiger charge is 2.26. The minimum Gasteiger partial charge on any atom is -0.256 e. The topological polar surface area (TPSA) is 74.1 Å². The molecule has 0 radical (unpaired) electrons. The van der Waals surface area contributed by atoms with Gasteiger partial charge >= 0.3 is 0 Å². The van der Waals surface area contributed by atoms with Gasteiger partial charge < -0.3 is 0 Å². The first kappa shape index (κ1) is 13.5. The van der Waals surface area contributed by atoms with Crippen molar-refractivity contribution < 1.29 is 8.42 Å². The van der Waals surface area contributed by atoms with Crippen molar-refractivity contribution in [3.63, 3.8) is 0 Å². The first-order valence-electron chi connectivity index (χ1n) is 5.70. The highest BCUT2D eigenvalue weighted by Crippen LogP contribution is 2.24. The lowest BCUT2D eigenvalue weighted by Crippen LogP contribution is -2.34. The van der Waals surface area contributed by atoms with Crippen molar-refractivity contribution in [3.05, 3.63) is 36.5 Å². The van der Waals surface area contributed by atoms with E-state index < -0.39 is 16.1 Å². The first-order valence-corrected chi connectivity index (χ1v) is 7.14. The lowest BCUT2D eigenvalue weighted by molar-refractivity contribution is 0.442. The van der Waals surface area contributed by atoms with Gasteiger partial charge in [-0.1, -0.05) is 6.07 Å². The molecular formula is C13H13N3O2S. The van der Waals surface area contributed by atoms with Gasteiger partial charge in [0.2, 0.25) is 10.0 Å². The molecule has 0 saturated heterocycles. The third-order valence-corrected chi connectivity index (χ3v) is 4.98. The Morgan fingerprint density at radius 1 is 1.32 bits per heavy atom. The number of benzene rings is 1. The maximum Gasteiger partial charge on any atom is 0.244 e. The summed E-state index contributed by atoms with van der Waals surface area (Å²) in [6.45, 7) is 1.54. The SMILES string of the molecule is CC(C#N)N(C)S(=O)(=O)c1cccc2ncccc12. The average Bonchev–Trinajstić information content (AvgIpc) is 2.44. The number of rotatable bonds is 3. The fraction of sp³-hybridized carbons (Fsp3) is 0.231. The van der Waals surface area contributed by atoms with Gasteiger partial charge in [0, 0.05) is 18.6 Å². The van der Waals surface area contributed by atoms with Crippen molar-refractivity contribution in [3.8, 4) is 6.07 Å². The molecule has 0 aliphatic carbocycles. The van der Waals surface area contributed by atoms with Crippen molar-refractivity contribution in [2.45, 2.75) is 17.9 Å². The van der Waals surface area contributed by atoms with Gasteiger partial charge in [0.25, 0.3) is 0 Å². The van der Waals surface area contributed by atoms with Gasteiger partial charge in [-0.15, -0.1) is 0 Å². The predicted octanol–water partition coefficient (Wildman–Crippen LogP) is 1.77. The number of hydrogen-bond donors (Lipinski definition) is 0. The first-order chi connectivity index (χ1) is 8.98. The van der Waals surface area contributed by atoms with Gasteiger partial charge in [-0.25, -0.2) is 8.42 Å². The molecule has 0 bridgehead atoms. The van der Waals surface area contributed by atoms with Crippen molar-refractivity contribution in [2.75, 3.05) is 7.05 Å². The summed E-state index contributed by atoms with van der Waals surface area (Å²) in [5, 5.41) is 9.42. The summed E-state index contributed by atoms with van der Waals surface area (Å²) in [6, 6.07) is 9.52. The number of aromatic nitrogens is 1. The van der Waals surface area contributed by atoms with Crippen LogP contribution in [-0.4, -0.2) is 30.8 Å². The van der Waals surface area contributed by atoms with Crippen LogP contribution in [0.1, 0.15) is 6.92 Å². The van der Waals surface area contributed by atoms with Crippen LogP contribution in [0.5, 0.6) is 0 Å². The maximum atomic E-state index is 12.5. The van der Waals surface area contributed by atoms with Gasteiger partial charge in [0.1, 0.15) is 6.04 Å². The smallest absolute Gasteiger partial charge is 0.244 e. The fourth-order valence-electron chi connectivity index (χ4n) is 1.74. The molecule has 0 fully saturated rings. The van der Waals surface area contributed by atoms with E-state index in [-0.39, 0.29) is 4.90 Å². The van der Waals surface area contributed by atoms with Crippen LogP contribution < -0.4 is 0 Å². The van der Waals surface area contributed by atoms with E-state index in [4.69, 9.17) is 5.26 Å². The highest BCUT2D eigenvalue weighted by atomic mass is 32.2. The van der Waals surface area contributed by atoms with Crippen LogP contribution in [0.3, 0.4) is 0 Å². The van der Waals surface area contributed by atoms with Crippen molar-refractivity contribution in [1.29, 1.82) is 5.26 Å². The summed E-state index contributed by atoms with van der Waals surface area (Å²) in [6.07, 6.45) is 1.61. The van der Waals surface area contributed by atoms with Crippen LogP contribution in [0, 0.1) is 11.3 Å². The second-order valence-corrected chi connectivity index (χ2v) is 6.12. The molecule has 1 atom stereocenters. The van der Waals surface area contributed by atoms with Gasteiger partial charge in [0.15, 0.2) is 0 Å². The fourth-order valence-corrected chi connectivity index (χ4v) is 3.22. The third kappa shape index (κ3) is 2.30. The van der Waals surface area contributed by atoms with Gasteiger partial charge in [0.05, 0.1) is 16.5 Å². The molecule has 6 heteroatoms. The van der Waals surface area contributed by atoms with E-state index in [1.807, 2.05) is 6.07 Å². The predicted molar refractivity (Wildman–Crippen MR) is 71.8 cm³/mol. The summed E-state index contributed by atoms with van der Waals surface area (Å²) in [7, 11) is -2.30. The Labute approximate surface area is 112 Å². The lowest BCUT2D eigenvalue weighted by Gasteiger charge is -2.19. The largest absolute Gasteiger partial charge is 0.256 e. The Morgan fingerprint density at radius 3 is 2.74 bits per heavy atom. The van der Waals surface area contributed by atoms with Crippen molar-refractivity contribution in [2.24, 2.45) is 0 Å². The molecule has 2 rings (SSSR count). The second-order valence-electron chi connectivity index (χ2n) is 4.15. The van der Waals surface area contributed by atoms with E-state index in [9.17, 15) is 8.42 Å². The quantitative estimate of drug-likeness (QED) is 0.855. The summed E-state index contributed by atoms with van der Waals surface area (Å²) >= 11 is 0. The van der Waals surface area contributed by atoms with Crippen molar-refractivity contribution >= 4 is 20.9 Å². The molecule has 1 aromatic heterocycles. The molecule has 0 amide bonds. The Kier molecular flexibility index (Phi) is 3.51. The number of nitrogens with zero attached hydrogens (tertiary/aromatic N) is 3. The number of pyridine rings is 1. The number of nitriles is 1. The molecule has 1 heterocycles. The minimum atomic E-state index is -3.71. The molecule has 0 saturated carbocycles. The zero-order chi connectivity index (χ0) is 14.0. The molecule has 0 aliphatic heterocycles. The van der Waals surface area contributed by atoms with E-state index in [1.165, 1.54) is 13.1 Å². The van der Waals surface area contributed by atoms with Gasteiger partial charge in [-0.3, -0.25) is 4.98 Å². The zero-order valence-electron chi connectivity index (χ0n) is 10.6. The number of sulfonamides is 1. The van der Waals surface area contributed by atoms with E-state index >= 15 is 0 Å². The molecular weight excluding hydrogens is 262 g/mol. The van der Waals surface area contributed by atoms with Crippen LogP contribution in [0.4, 0.5) is 0 Å². The maximum absolute atomic E-state index is 12.5. The Morgan fingerprint density at radius 2 is 2.05 bits per heavy atom. The molecule has 0 spiro atoms. The van der Waals surface area contributed by atoms with Crippen molar-refractivity contribution in [1.82, 2.24) is 9.29 Å². The molecule has 2 aromatic rings. The summed E-state index contributed by atoms with van der Waals surface area (Å²) < 4.78 is 26.1. The number of hydrogen-bond acceptors (Lipinski definition) is 4. The Bertz CT molecular complexity index is 745. The van der Waals surface area contributed by atoms with E-state index in [2.05, 4.69) is 4.98 Å². The normalized spacial score (nSPS) is 13.4. The Balaban J connectivity index is 2.65. The molecule has 0 aliphatic rings. The standard InChI is InChI=1S/C13H13N3O2S/c1-10(9-14)16(2)19(17,18)13-7-3-6-12-11(13)5-4-8-15-12/h3-8,10H,1-2H3. The molecule has 1 aromatic carbocycles. The van der Waals surface area contributed by atoms with Gasteiger partial charge in [-0.2, -0.15) is 9.57 Å². The zero-order valence-corrected chi connectivity index (χ0v) is 11.4.